The van der Waals surface area contributed by atoms with Crippen molar-refractivity contribution >= 4 is 0 Å². The molecule has 1 fully saturated rings. The molecule has 0 aromatic rings. The SMILES string of the molecule is CC1(F)C(F)=CC(C[C@@H]2[C@H](/C=C\C(F)(F)F)C2(C)C)=C(F)C1F. The molecular formula is C16H17F7. The molecule has 23 heavy (non-hydrogen) atoms. The van der Waals surface area contributed by atoms with Crippen LogP contribution in [-0.2, 0) is 0 Å². The van der Waals surface area contributed by atoms with Gasteiger partial charge in [0.2, 0.25) is 0 Å². The van der Waals surface area contributed by atoms with Crippen molar-refractivity contribution in [3.63, 3.8) is 0 Å². The maximum atomic E-state index is 13.9. The van der Waals surface area contributed by atoms with Gasteiger partial charge in [0.15, 0.2) is 11.8 Å². The van der Waals surface area contributed by atoms with Crippen LogP contribution >= 0.6 is 0 Å². The third-order valence-electron chi connectivity index (χ3n) is 4.84. The van der Waals surface area contributed by atoms with Crippen molar-refractivity contribution in [1.29, 1.82) is 0 Å². The molecule has 2 aliphatic rings. The lowest BCUT2D eigenvalue weighted by molar-refractivity contribution is -0.0801. The number of halogens is 7. The second kappa shape index (κ2) is 5.38. The molecule has 0 amide bonds. The molecule has 130 valence electrons. The molecule has 0 bridgehead atoms. The van der Waals surface area contributed by atoms with Crippen LogP contribution in [0.4, 0.5) is 30.7 Å². The Morgan fingerprint density at radius 2 is 1.74 bits per heavy atom. The number of rotatable bonds is 3. The van der Waals surface area contributed by atoms with Gasteiger partial charge < -0.3 is 0 Å². The van der Waals surface area contributed by atoms with Gasteiger partial charge in [0.05, 0.1) is 0 Å². The molecule has 7 heteroatoms. The molecule has 0 aromatic carbocycles. The van der Waals surface area contributed by atoms with E-state index in [0.29, 0.717) is 13.0 Å². The Kier molecular flexibility index (Phi) is 4.23. The fourth-order valence-electron chi connectivity index (χ4n) is 3.05. The first kappa shape index (κ1) is 18.1. The smallest absolute Gasteiger partial charge is 0.236 e. The molecule has 0 heterocycles. The molecule has 1 saturated carbocycles. The van der Waals surface area contributed by atoms with Crippen molar-refractivity contribution in [2.75, 3.05) is 0 Å². The molecule has 2 unspecified atom stereocenters. The fraction of sp³-hybridized carbons (Fsp3) is 0.625. The summed E-state index contributed by atoms with van der Waals surface area (Å²) < 4.78 is 91.5. The van der Waals surface area contributed by atoms with Gasteiger partial charge in [-0.15, -0.1) is 0 Å². The zero-order valence-electron chi connectivity index (χ0n) is 12.8. The van der Waals surface area contributed by atoms with Gasteiger partial charge in [-0.05, 0) is 42.2 Å². The highest BCUT2D eigenvalue weighted by molar-refractivity contribution is 5.39. The monoisotopic (exact) mass is 342 g/mol. The van der Waals surface area contributed by atoms with Gasteiger partial charge in [-0.3, -0.25) is 0 Å². The largest absolute Gasteiger partial charge is 0.409 e. The highest BCUT2D eigenvalue weighted by Crippen LogP contribution is 2.62. The molecule has 0 aromatic heterocycles. The number of alkyl halides is 5. The Morgan fingerprint density at radius 3 is 2.26 bits per heavy atom. The van der Waals surface area contributed by atoms with Gasteiger partial charge in [0.1, 0.15) is 11.7 Å². The van der Waals surface area contributed by atoms with Crippen LogP contribution in [0.15, 0.2) is 35.5 Å². The van der Waals surface area contributed by atoms with Crippen molar-refractivity contribution < 1.29 is 30.7 Å². The average Bonchev–Trinajstić information content (AvgIpc) is 2.91. The van der Waals surface area contributed by atoms with E-state index >= 15 is 0 Å². The Morgan fingerprint density at radius 1 is 1.17 bits per heavy atom. The van der Waals surface area contributed by atoms with Crippen molar-refractivity contribution in [3.8, 4) is 0 Å². The fourth-order valence-corrected chi connectivity index (χ4v) is 3.05. The molecule has 0 spiro atoms. The van der Waals surface area contributed by atoms with E-state index in [4.69, 9.17) is 0 Å². The minimum absolute atomic E-state index is 0.109. The number of allylic oxidation sites excluding steroid dienone is 6. The topological polar surface area (TPSA) is 0 Å². The summed E-state index contributed by atoms with van der Waals surface area (Å²) in [5.41, 5.74) is -3.93. The summed E-state index contributed by atoms with van der Waals surface area (Å²) >= 11 is 0. The van der Waals surface area contributed by atoms with E-state index < -0.39 is 46.9 Å². The van der Waals surface area contributed by atoms with Gasteiger partial charge in [-0.25, -0.2) is 17.6 Å². The summed E-state index contributed by atoms with van der Waals surface area (Å²) in [5, 5.41) is 0. The molecule has 2 aliphatic carbocycles. The Hall–Kier alpha value is -1.27. The summed E-state index contributed by atoms with van der Waals surface area (Å²) in [6.45, 7) is 3.99. The van der Waals surface area contributed by atoms with E-state index in [2.05, 4.69) is 0 Å². The van der Waals surface area contributed by atoms with Crippen LogP contribution in [0.2, 0.25) is 0 Å². The zero-order valence-corrected chi connectivity index (χ0v) is 12.8. The summed E-state index contributed by atoms with van der Waals surface area (Å²) in [6, 6.07) is 0. The van der Waals surface area contributed by atoms with E-state index in [1.165, 1.54) is 0 Å². The lowest BCUT2D eigenvalue weighted by Crippen LogP contribution is -2.36. The van der Waals surface area contributed by atoms with Crippen LogP contribution in [0.1, 0.15) is 27.2 Å². The van der Waals surface area contributed by atoms with Crippen LogP contribution in [0, 0.1) is 17.3 Å². The van der Waals surface area contributed by atoms with Gasteiger partial charge in [-0.1, -0.05) is 19.9 Å². The lowest BCUT2D eigenvalue weighted by atomic mass is 9.88. The van der Waals surface area contributed by atoms with Crippen LogP contribution in [0.25, 0.3) is 0 Å². The normalized spacial score (nSPS) is 37.3. The first-order valence-corrected chi connectivity index (χ1v) is 7.13. The zero-order chi connectivity index (χ0) is 17.8. The van der Waals surface area contributed by atoms with Crippen LogP contribution in [0.3, 0.4) is 0 Å². The molecule has 0 radical (unpaired) electrons. The van der Waals surface area contributed by atoms with Gasteiger partial charge in [0.25, 0.3) is 0 Å². The van der Waals surface area contributed by atoms with Crippen molar-refractivity contribution in [2.45, 2.75) is 45.2 Å². The third kappa shape index (κ3) is 3.33. The van der Waals surface area contributed by atoms with Crippen molar-refractivity contribution in [1.82, 2.24) is 0 Å². The van der Waals surface area contributed by atoms with Crippen molar-refractivity contribution in [2.24, 2.45) is 17.3 Å². The van der Waals surface area contributed by atoms with E-state index in [-0.39, 0.29) is 18.1 Å². The minimum atomic E-state index is -4.45. The van der Waals surface area contributed by atoms with Gasteiger partial charge in [-0.2, -0.15) is 13.2 Å². The highest BCUT2D eigenvalue weighted by Gasteiger charge is 2.57. The summed E-state index contributed by atoms with van der Waals surface area (Å²) in [6.07, 6.45) is -5.63. The van der Waals surface area contributed by atoms with Crippen LogP contribution < -0.4 is 0 Å². The minimum Gasteiger partial charge on any atom is -0.236 e. The molecule has 2 rings (SSSR count). The van der Waals surface area contributed by atoms with Crippen LogP contribution in [-0.4, -0.2) is 18.0 Å². The lowest BCUT2D eigenvalue weighted by Gasteiger charge is -2.27. The molecule has 4 atom stereocenters. The van der Waals surface area contributed by atoms with E-state index in [1.54, 1.807) is 13.8 Å². The Labute approximate surface area is 129 Å². The van der Waals surface area contributed by atoms with E-state index in [9.17, 15) is 30.7 Å². The number of hydrogen-bond donors (Lipinski definition) is 0. The molecule has 0 aliphatic heterocycles. The quantitative estimate of drug-likeness (QED) is 0.441. The van der Waals surface area contributed by atoms with Gasteiger partial charge >= 0.3 is 6.18 Å². The Bertz CT molecular complexity index is 578. The number of hydrogen-bond acceptors (Lipinski definition) is 0. The second-order valence-electron chi connectivity index (χ2n) is 6.86. The molecule has 0 N–H and O–H groups in total. The third-order valence-corrected chi connectivity index (χ3v) is 4.84. The predicted octanol–water partition coefficient (Wildman–Crippen LogP) is 5.92. The van der Waals surface area contributed by atoms with E-state index in [0.717, 1.165) is 6.08 Å². The molecule has 0 saturated heterocycles. The first-order valence-electron chi connectivity index (χ1n) is 7.13. The predicted molar refractivity (Wildman–Crippen MR) is 72.3 cm³/mol. The molecular weight excluding hydrogens is 325 g/mol. The highest BCUT2D eigenvalue weighted by atomic mass is 19.4. The maximum Gasteiger partial charge on any atom is 0.409 e. The first-order chi connectivity index (χ1) is 10.3. The summed E-state index contributed by atoms with van der Waals surface area (Å²) in [4.78, 5) is 0. The average molecular weight is 342 g/mol. The Balaban J connectivity index is 2.17. The van der Waals surface area contributed by atoms with Crippen molar-refractivity contribution in [3.05, 3.63) is 35.5 Å². The maximum absolute atomic E-state index is 13.9. The summed E-state index contributed by atoms with van der Waals surface area (Å²) in [7, 11) is 0. The van der Waals surface area contributed by atoms with E-state index in [1.807, 2.05) is 0 Å². The van der Waals surface area contributed by atoms with Crippen LogP contribution in [0.5, 0.6) is 0 Å². The standard InChI is InChI=1S/C16H17F7/c1-14(2)9(4-5-16(21,22)23)10(14)6-8-7-11(17)15(3,20)13(19)12(8)18/h4-5,7,9-10,13H,6H2,1-3H3/b5-4-/t9-,10+,13?,15?/m0/s1. The summed E-state index contributed by atoms with van der Waals surface area (Å²) in [5.74, 6) is -3.69. The van der Waals surface area contributed by atoms with Gasteiger partial charge in [0, 0.05) is 6.08 Å². The second-order valence-corrected chi connectivity index (χ2v) is 6.86. The molecule has 0 nitrogen and oxygen atoms in total.